The number of nitrogens with zero attached hydrogens (tertiary/aromatic N) is 6. The van der Waals surface area contributed by atoms with Gasteiger partial charge in [-0.3, -0.25) is 50.6 Å². The molecular formula is C72H90BrClFN11O37. The van der Waals surface area contributed by atoms with Crippen LogP contribution in [0, 0.1) is 63.3 Å². The Labute approximate surface area is 710 Å². The quantitative estimate of drug-likeness (QED) is 0.00852. The normalized spacial score (nSPS) is 12.1. The van der Waals surface area contributed by atoms with Crippen LogP contribution in [-0.2, 0) is 52.4 Å². The zero-order chi connectivity index (χ0) is 94.7. The molecule has 5 amide bonds. The average Bonchev–Trinajstić information content (AvgIpc) is 0.839. The number of rotatable bonds is 31. The second kappa shape index (κ2) is 48.2. The molecule has 0 saturated heterocycles. The van der Waals surface area contributed by atoms with E-state index in [0.29, 0.717) is 16.2 Å². The summed E-state index contributed by atoms with van der Waals surface area (Å²) >= 11 is 8.78. The minimum Gasteiger partial charge on any atom is -0.484 e. The molecule has 0 radical (unpaired) electrons. The molecule has 0 bridgehead atoms. The number of nitrogens with one attached hydrogen (secondary N) is 5. The smallest absolute Gasteiger partial charge is 0.408 e. The molecule has 1 heterocycles. The van der Waals surface area contributed by atoms with Crippen LogP contribution >= 0.6 is 27.5 Å². The monoisotopic (exact) mass is 1830 g/mol. The van der Waals surface area contributed by atoms with Crippen LogP contribution in [0.25, 0.3) is 0 Å². The second-order valence-electron chi connectivity index (χ2n) is 29.3. The van der Waals surface area contributed by atoms with Crippen molar-refractivity contribution in [1.82, 2.24) is 31.6 Å². The first-order valence-corrected chi connectivity index (χ1v) is 36.2. The SMILES string of the molecule is CC(C)(C)OC(=O)N[C@@H](COc1ccc(Br)cc1[N+](=O)[O-])C(=O)O.CC(C)(C)OC(=O)N[C@@H](COc1ccc(Cl)cc1[N+](=O)[O-])C(=O)O.CC(C)(C)OC(=O)N[C@@H](COc1ccc(F)cc1[N+](=O)[O-])C(=O)O.COC(=O)c1ccc(OC[C@H](NC(=O)OC(C)(C)C)C(=O)O)c([N+](=O)[O-])c1.Cc1ccc([N+](=O)[O-])c(OC[C@H](NC(=O)OC(C)(C)C)C(=O)O)n1. The highest BCUT2D eigenvalue weighted by atomic mass is 79.9. The van der Waals surface area contributed by atoms with Gasteiger partial charge in [0.1, 0.15) is 66.9 Å². The fourth-order valence-electron chi connectivity index (χ4n) is 8.04. The molecule has 10 N–H and O–H groups in total. The van der Waals surface area contributed by atoms with Crippen molar-refractivity contribution in [2.75, 3.05) is 40.1 Å². The van der Waals surface area contributed by atoms with E-state index in [1.54, 1.807) is 111 Å². The number of benzene rings is 4. The number of esters is 1. The summed E-state index contributed by atoms with van der Waals surface area (Å²) in [4.78, 5) is 181. The third-order valence-electron chi connectivity index (χ3n) is 13.1. The Balaban J connectivity index is 0.000000769. The summed E-state index contributed by atoms with van der Waals surface area (Å²) in [6.07, 6.45) is -4.76. The van der Waals surface area contributed by atoms with E-state index >= 15 is 0 Å². The van der Waals surface area contributed by atoms with Crippen LogP contribution in [0.15, 0.2) is 89.4 Å². The van der Waals surface area contributed by atoms with Gasteiger partial charge in [0.15, 0.2) is 53.2 Å². The van der Waals surface area contributed by atoms with Gasteiger partial charge >= 0.3 is 94.7 Å². The van der Waals surface area contributed by atoms with E-state index in [2.05, 4.69) is 52.2 Å². The van der Waals surface area contributed by atoms with Crippen molar-refractivity contribution in [2.24, 2.45) is 0 Å². The first-order valence-electron chi connectivity index (χ1n) is 35.0. The van der Waals surface area contributed by atoms with Crippen LogP contribution in [0.2, 0.25) is 5.02 Å². The number of nitro benzene ring substituents is 4. The Morgan fingerprint density at radius 1 is 0.398 bits per heavy atom. The van der Waals surface area contributed by atoms with Gasteiger partial charge in [-0.25, -0.2) is 62.1 Å². The minimum absolute atomic E-state index is 0.0711. The summed E-state index contributed by atoms with van der Waals surface area (Å²) in [5.74, 6) is -9.77. The Morgan fingerprint density at radius 3 is 0.959 bits per heavy atom. The van der Waals surface area contributed by atoms with Crippen LogP contribution in [0.4, 0.5) is 56.8 Å². The number of ether oxygens (including phenoxy) is 11. The Hall–Kier alpha value is -14.1. The van der Waals surface area contributed by atoms with Crippen LogP contribution in [0.3, 0.4) is 0 Å². The molecule has 0 aliphatic rings. The van der Waals surface area contributed by atoms with Crippen LogP contribution in [-0.4, -0.2) is 220 Å². The lowest BCUT2D eigenvalue weighted by Crippen LogP contribution is -2.46. The standard InChI is InChI=1S/C16H20N2O9.C14H17BrN2O7.C14H17ClN2O7.C14H17FN2O7.C14H19N3O7/c1-16(2,3)27-15(22)17-10(13(19)20)8-26-12-6-5-9(14(21)25-4)7-11(12)18(23)24;3*1-14(2,3)24-13(20)16-9(12(18)19)7-23-11-5-4-8(15)6-10(11)17(21)22;1-8-5-6-10(17(21)22)11(15-8)23-7-9(12(18)19)16-13(20)24-14(2,3)4/h5-7,10H,8H2,1-4H3,(H,17,22)(H,19,20);3*4-6,9H,7H2,1-3H3,(H,16,20)(H,18,19);5-6,9H,7H2,1-4H3,(H,16,20)(H,18,19)/t10-;4*9-/m00000/s1. The van der Waals surface area contributed by atoms with Crippen molar-refractivity contribution in [3.8, 4) is 28.9 Å². The van der Waals surface area contributed by atoms with E-state index < -0.39 is 211 Å². The van der Waals surface area contributed by atoms with Gasteiger partial charge < -0.3 is 104 Å². The lowest BCUT2D eigenvalue weighted by atomic mass is 10.2. The molecule has 0 aliphatic carbocycles. The molecule has 0 fully saturated rings. The number of carboxylic acid groups (broad SMARTS) is 5. The maximum absolute atomic E-state index is 13.0. The van der Waals surface area contributed by atoms with E-state index in [9.17, 15) is 113 Å². The summed E-state index contributed by atoms with van der Waals surface area (Å²) in [6.45, 7) is 23.0. The number of methoxy groups -OCH3 is 1. The summed E-state index contributed by atoms with van der Waals surface area (Å²) in [6, 6.07) is 8.91. The van der Waals surface area contributed by atoms with E-state index in [4.69, 9.17) is 79.4 Å². The molecule has 48 nitrogen and oxygen atoms in total. The number of pyridine rings is 1. The molecule has 0 aliphatic heterocycles. The van der Waals surface area contributed by atoms with Gasteiger partial charge in [0.05, 0.1) is 43.4 Å². The third-order valence-corrected chi connectivity index (χ3v) is 13.8. The number of hydrogen-bond acceptors (Lipinski definition) is 33. The number of aromatic nitrogens is 1. The number of carbonyl (C=O) groups is 11. The van der Waals surface area contributed by atoms with Crippen molar-refractivity contribution in [3.05, 3.63) is 162 Å². The predicted octanol–water partition coefficient (Wildman–Crippen LogP) is 10.8. The molecule has 123 heavy (non-hydrogen) atoms. The summed E-state index contributed by atoms with van der Waals surface area (Å²) in [7, 11) is 1.12. The fraction of sp³-hybridized carbons (Fsp3) is 0.444. The summed E-state index contributed by atoms with van der Waals surface area (Å²) < 4.78 is 68.5. The highest BCUT2D eigenvalue weighted by Gasteiger charge is 2.33. The number of hydrogen-bond donors (Lipinski definition) is 10. The Kier molecular flexibility index (Phi) is 41.9. The fourth-order valence-corrected chi connectivity index (χ4v) is 8.56. The van der Waals surface area contributed by atoms with Crippen LogP contribution in [0.5, 0.6) is 28.9 Å². The van der Waals surface area contributed by atoms with Crippen LogP contribution < -0.4 is 50.3 Å². The molecule has 676 valence electrons. The Bertz CT molecular complexity index is 4380. The second-order valence-corrected chi connectivity index (χ2v) is 30.7. The van der Waals surface area contributed by atoms with Gasteiger partial charge in [-0.2, -0.15) is 0 Å². The topological polar surface area (TPSA) is 679 Å². The number of amides is 5. The molecule has 5 aromatic rings. The first-order chi connectivity index (χ1) is 56.4. The van der Waals surface area contributed by atoms with Crippen molar-refractivity contribution in [2.45, 2.75) is 169 Å². The van der Waals surface area contributed by atoms with Crippen molar-refractivity contribution in [1.29, 1.82) is 0 Å². The number of alkyl carbamates (subject to hydrolysis) is 5. The molecule has 4 aromatic carbocycles. The van der Waals surface area contributed by atoms with Crippen molar-refractivity contribution in [3.63, 3.8) is 0 Å². The van der Waals surface area contributed by atoms with E-state index in [0.717, 1.165) is 37.4 Å². The largest absolute Gasteiger partial charge is 0.484 e. The summed E-state index contributed by atoms with van der Waals surface area (Å²) in [5.41, 5.74) is -6.03. The number of halogens is 3. The Morgan fingerprint density at radius 2 is 0.667 bits per heavy atom. The lowest BCUT2D eigenvalue weighted by molar-refractivity contribution is -0.386. The van der Waals surface area contributed by atoms with Gasteiger partial charge in [-0.15, -0.1) is 0 Å². The molecule has 0 saturated carbocycles. The number of aliphatic carboxylic acids is 5. The molecule has 1 aromatic heterocycles. The van der Waals surface area contributed by atoms with E-state index in [1.165, 1.54) is 48.5 Å². The molecule has 51 heteroatoms. The molecular weight excluding hydrogens is 1750 g/mol. The number of aryl methyl sites for hydroxylation is 1. The van der Waals surface area contributed by atoms with Crippen molar-refractivity contribution < 1.29 is 159 Å². The molecule has 0 unspecified atom stereocenters. The zero-order valence-corrected chi connectivity index (χ0v) is 71.0. The molecule has 5 atom stereocenters. The van der Waals surface area contributed by atoms with Crippen LogP contribution in [0.1, 0.15) is 120 Å². The maximum atomic E-state index is 13.0. The predicted molar refractivity (Wildman–Crippen MR) is 423 cm³/mol. The first kappa shape index (κ1) is 107. The maximum Gasteiger partial charge on any atom is 0.408 e. The average molecular weight is 1840 g/mol. The van der Waals surface area contributed by atoms with Gasteiger partial charge in [0.2, 0.25) is 0 Å². The van der Waals surface area contributed by atoms with Gasteiger partial charge in [0.25, 0.3) is 5.88 Å². The number of carboxylic acids is 5. The van der Waals surface area contributed by atoms with Gasteiger partial charge in [-0.05, 0) is 165 Å². The molecule has 0 spiro atoms. The van der Waals surface area contributed by atoms with E-state index in [1.807, 2.05) is 0 Å². The number of nitro groups is 5. The molecule has 5 rings (SSSR count). The zero-order valence-electron chi connectivity index (χ0n) is 68.6. The highest BCUT2D eigenvalue weighted by molar-refractivity contribution is 9.10. The summed E-state index contributed by atoms with van der Waals surface area (Å²) in [5, 5.41) is 111. The van der Waals surface area contributed by atoms with E-state index in [-0.39, 0.29) is 45.2 Å². The minimum atomic E-state index is -1.51. The third kappa shape index (κ3) is 43.4. The highest BCUT2D eigenvalue weighted by Crippen LogP contribution is 2.34. The van der Waals surface area contributed by atoms with Crippen molar-refractivity contribution >= 4 is 122 Å². The van der Waals surface area contributed by atoms with Gasteiger partial charge in [0, 0.05) is 39.5 Å². The van der Waals surface area contributed by atoms with Gasteiger partial charge in [-0.1, -0.05) is 27.5 Å². The number of carbonyl (C=O) groups excluding carboxylic acids is 6. The lowest BCUT2D eigenvalue weighted by Gasteiger charge is -2.22.